The predicted molar refractivity (Wildman–Crippen MR) is 72.0 cm³/mol. The molecule has 0 saturated heterocycles. The van der Waals surface area contributed by atoms with Gasteiger partial charge in [0.25, 0.3) is 5.91 Å². The molecule has 0 fully saturated rings. The molecule has 2 N–H and O–H groups in total. The normalized spacial score (nSPS) is 10.8. The van der Waals surface area contributed by atoms with E-state index in [0.717, 1.165) is 18.3 Å². The van der Waals surface area contributed by atoms with Gasteiger partial charge in [-0.15, -0.1) is 11.6 Å². The lowest BCUT2D eigenvalue weighted by Crippen LogP contribution is -2.26. The van der Waals surface area contributed by atoms with Crippen LogP contribution in [0.1, 0.15) is 6.42 Å². The van der Waals surface area contributed by atoms with Crippen LogP contribution in [0.5, 0.6) is 0 Å². The highest BCUT2D eigenvalue weighted by Gasteiger charge is 2.10. The molecule has 106 valence electrons. The van der Waals surface area contributed by atoms with E-state index < -0.39 is 23.2 Å². The molecule has 0 radical (unpaired) electrons. The Bertz CT molecular complexity index is 535. The maximum absolute atomic E-state index is 13.3. The van der Waals surface area contributed by atoms with E-state index in [-0.39, 0.29) is 5.57 Å². The highest BCUT2D eigenvalue weighted by atomic mass is 35.5. The molecule has 0 aliphatic rings. The van der Waals surface area contributed by atoms with Crippen LogP contribution in [0, 0.1) is 23.0 Å². The summed E-state index contributed by atoms with van der Waals surface area (Å²) in [4.78, 5) is 11.6. The van der Waals surface area contributed by atoms with Crippen LogP contribution in [-0.4, -0.2) is 18.3 Å². The smallest absolute Gasteiger partial charge is 0.263 e. The maximum Gasteiger partial charge on any atom is 0.263 e. The van der Waals surface area contributed by atoms with Crippen molar-refractivity contribution in [3.63, 3.8) is 0 Å². The number of amides is 1. The van der Waals surface area contributed by atoms with Crippen molar-refractivity contribution in [1.82, 2.24) is 5.32 Å². The maximum atomic E-state index is 13.3. The lowest BCUT2D eigenvalue weighted by molar-refractivity contribution is -0.117. The van der Waals surface area contributed by atoms with Gasteiger partial charge in [0.2, 0.25) is 0 Å². The first-order valence-electron chi connectivity index (χ1n) is 5.75. The molecule has 1 amide bonds. The van der Waals surface area contributed by atoms with Crippen LogP contribution in [0.3, 0.4) is 0 Å². The molecule has 0 unspecified atom stereocenters. The van der Waals surface area contributed by atoms with Gasteiger partial charge in [0, 0.05) is 18.6 Å². The van der Waals surface area contributed by atoms with Crippen LogP contribution in [0.4, 0.5) is 14.5 Å². The minimum Gasteiger partial charge on any atom is -0.355 e. The fraction of sp³-hybridized carbons (Fsp3) is 0.231. The Morgan fingerprint density at radius 2 is 2.05 bits per heavy atom. The Morgan fingerprint density at radius 3 is 2.60 bits per heavy atom. The lowest BCUT2D eigenvalue weighted by atomic mass is 10.2. The van der Waals surface area contributed by atoms with Crippen molar-refractivity contribution in [3.8, 4) is 6.07 Å². The van der Waals surface area contributed by atoms with Crippen LogP contribution in [0.25, 0.3) is 0 Å². The third-order valence-electron chi connectivity index (χ3n) is 2.28. The van der Waals surface area contributed by atoms with Gasteiger partial charge in [-0.05, 0) is 18.6 Å². The minimum absolute atomic E-state index is 0.290. The molecule has 20 heavy (non-hydrogen) atoms. The number of anilines is 1. The molecule has 0 aromatic heterocycles. The van der Waals surface area contributed by atoms with E-state index in [1.54, 1.807) is 6.07 Å². The Hall–Kier alpha value is -2.13. The molecule has 0 aliphatic carbocycles. The molecular weight excluding hydrogens is 288 g/mol. The standard InChI is InChI=1S/C13H12ClF2N3O/c14-5-2-6-18-13(20)9(7-17)8-19-12-10(15)3-1-4-11(12)16/h1,3-4,8,19H,2,5-6H2,(H,18,20)/b9-8-. The van der Waals surface area contributed by atoms with E-state index >= 15 is 0 Å². The summed E-state index contributed by atoms with van der Waals surface area (Å²) in [5, 5.41) is 13.6. The summed E-state index contributed by atoms with van der Waals surface area (Å²) in [5.74, 6) is -1.89. The van der Waals surface area contributed by atoms with Crippen molar-refractivity contribution >= 4 is 23.2 Å². The van der Waals surface area contributed by atoms with Crippen LogP contribution in [0.2, 0.25) is 0 Å². The summed E-state index contributed by atoms with van der Waals surface area (Å²) in [7, 11) is 0. The summed E-state index contributed by atoms with van der Waals surface area (Å²) in [6.45, 7) is 0.315. The van der Waals surface area contributed by atoms with Crippen molar-refractivity contribution in [2.45, 2.75) is 6.42 Å². The Labute approximate surface area is 120 Å². The number of nitriles is 1. The van der Waals surface area contributed by atoms with E-state index in [2.05, 4.69) is 10.6 Å². The van der Waals surface area contributed by atoms with Crippen LogP contribution >= 0.6 is 11.6 Å². The molecule has 1 rings (SSSR count). The van der Waals surface area contributed by atoms with Gasteiger partial charge in [-0.3, -0.25) is 4.79 Å². The van der Waals surface area contributed by atoms with Gasteiger partial charge in [0.05, 0.1) is 0 Å². The second-order valence-corrected chi connectivity index (χ2v) is 4.09. The van der Waals surface area contributed by atoms with E-state index in [4.69, 9.17) is 16.9 Å². The number of carbonyl (C=O) groups excluding carboxylic acids is 1. The molecule has 0 spiro atoms. The zero-order chi connectivity index (χ0) is 15.0. The van der Waals surface area contributed by atoms with Crippen LogP contribution in [0.15, 0.2) is 30.0 Å². The molecular formula is C13H12ClF2N3O. The van der Waals surface area contributed by atoms with E-state index in [0.29, 0.717) is 18.8 Å². The van der Waals surface area contributed by atoms with Gasteiger partial charge in [-0.1, -0.05) is 6.07 Å². The molecule has 4 nitrogen and oxygen atoms in total. The number of alkyl halides is 1. The number of benzene rings is 1. The quantitative estimate of drug-likeness (QED) is 0.367. The summed E-state index contributed by atoms with van der Waals surface area (Å²) in [5.41, 5.74) is -0.712. The van der Waals surface area contributed by atoms with Gasteiger partial charge in [-0.2, -0.15) is 5.26 Å². The molecule has 0 aliphatic heterocycles. The number of para-hydroxylation sites is 1. The molecule has 0 bridgehead atoms. The van der Waals surface area contributed by atoms with Crippen molar-refractivity contribution in [2.75, 3.05) is 17.7 Å². The van der Waals surface area contributed by atoms with E-state index in [9.17, 15) is 13.6 Å². The number of hydrogen-bond donors (Lipinski definition) is 2. The number of hydrogen-bond acceptors (Lipinski definition) is 3. The van der Waals surface area contributed by atoms with Gasteiger partial charge in [-0.25, -0.2) is 8.78 Å². The fourth-order valence-corrected chi connectivity index (χ4v) is 1.43. The van der Waals surface area contributed by atoms with E-state index in [1.807, 2.05) is 0 Å². The summed E-state index contributed by atoms with van der Waals surface area (Å²) < 4.78 is 26.6. The van der Waals surface area contributed by atoms with E-state index in [1.165, 1.54) is 6.07 Å². The molecule has 1 aromatic carbocycles. The third kappa shape index (κ3) is 4.52. The number of nitrogens with zero attached hydrogens (tertiary/aromatic N) is 1. The number of halogens is 3. The first-order valence-corrected chi connectivity index (χ1v) is 6.28. The number of rotatable bonds is 6. The van der Waals surface area contributed by atoms with Crippen molar-refractivity contribution in [3.05, 3.63) is 41.6 Å². The molecule has 1 aromatic rings. The highest BCUT2D eigenvalue weighted by molar-refractivity contribution is 6.17. The Balaban J connectivity index is 2.76. The predicted octanol–water partition coefficient (Wildman–Crippen LogP) is 2.53. The van der Waals surface area contributed by atoms with Crippen LogP contribution in [-0.2, 0) is 4.79 Å². The lowest BCUT2D eigenvalue weighted by Gasteiger charge is -2.06. The van der Waals surface area contributed by atoms with Gasteiger partial charge in [0.1, 0.15) is 29.0 Å². The topological polar surface area (TPSA) is 64.9 Å². The summed E-state index contributed by atoms with van der Waals surface area (Å²) in [6.07, 6.45) is 1.51. The Morgan fingerprint density at radius 1 is 1.40 bits per heavy atom. The van der Waals surface area contributed by atoms with Gasteiger partial charge >= 0.3 is 0 Å². The van der Waals surface area contributed by atoms with Crippen molar-refractivity contribution < 1.29 is 13.6 Å². The molecule has 0 saturated carbocycles. The average Bonchev–Trinajstić information content (AvgIpc) is 2.42. The molecule has 0 atom stereocenters. The summed E-state index contributed by atoms with van der Waals surface area (Å²) in [6, 6.07) is 4.98. The van der Waals surface area contributed by atoms with Crippen LogP contribution < -0.4 is 10.6 Å². The third-order valence-corrected chi connectivity index (χ3v) is 2.55. The van der Waals surface area contributed by atoms with Crippen molar-refractivity contribution in [2.24, 2.45) is 0 Å². The number of carbonyl (C=O) groups is 1. The summed E-state index contributed by atoms with van der Waals surface area (Å²) >= 11 is 5.45. The van der Waals surface area contributed by atoms with Gasteiger partial charge in [0.15, 0.2) is 0 Å². The largest absolute Gasteiger partial charge is 0.355 e. The SMILES string of the molecule is N#C/C(=C/Nc1c(F)cccc1F)C(=O)NCCCCl. The zero-order valence-electron chi connectivity index (χ0n) is 10.4. The zero-order valence-corrected chi connectivity index (χ0v) is 11.2. The van der Waals surface area contributed by atoms with Crippen molar-refractivity contribution in [1.29, 1.82) is 5.26 Å². The average molecular weight is 300 g/mol. The molecule has 7 heteroatoms. The molecule has 0 heterocycles. The van der Waals surface area contributed by atoms with Gasteiger partial charge < -0.3 is 10.6 Å². The first kappa shape index (κ1) is 15.9. The highest BCUT2D eigenvalue weighted by Crippen LogP contribution is 2.18. The fourth-order valence-electron chi connectivity index (χ4n) is 1.29. The Kier molecular flexibility index (Phi) is 6.47. The second kappa shape index (κ2) is 8.12. The second-order valence-electron chi connectivity index (χ2n) is 3.71. The first-order chi connectivity index (χ1) is 9.60. The number of nitrogens with one attached hydrogen (secondary N) is 2. The monoisotopic (exact) mass is 299 g/mol. The minimum atomic E-state index is -0.818.